The SMILES string of the molecule is C.COc1c(N)nc(-c2ccc(Cl)c(C(C)F)c2F)nc1C(C)=O. The topological polar surface area (TPSA) is 78.1 Å². The number of hydrogen-bond donors (Lipinski definition) is 1. The first-order valence-electron chi connectivity index (χ1n) is 6.62. The summed E-state index contributed by atoms with van der Waals surface area (Å²) in [5.41, 5.74) is 5.25. The molecule has 0 bridgehead atoms. The van der Waals surface area contributed by atoms with Crippen LogP contribution in [0.15, 0.2) is 12.1 Å². The highest BCUT2D eigenvalue weighted by Gasteiger charge is 2.23. The molecule has 8 heteroatoms. The van der Waals surface area contributed by atoms with Gasteiger partial charge in [-0.05, 0) is 19.1 Å². The van der Waals surface area contributed by atoms with Crippen LogP contribution in [0.25, 0.3) is 11.4 Å². The summed E-state index contributed by atoms with van der Waals surface area (Å²) >= 11 is 5.82. The molecule has 1 aromatic carbocycles. The van der Waals surface area contributed by atoms with Gasteiger partial charge in [-0.1, -0.05) is 19.0 Å². The molecule has 0 aliphatic heterocycles. The van der Waals surface area contributed by atoms with Gasteiger partial charge in [-0.25, -0.2) is 18.7 Å². The van der Waals surface area contributed by atoms with Gasteiger partial charge in [-0.15, -0.1) is 0 Å². The van der Waals surface area contributed by atoms with Crippen LogP contribution < -0.4 is 10.5 Å². The summed E-state index contributed by atoms with van der Waals surface area (Å²) in [4.78, 5) is 19.6. The van der Waals surface area contributed by atoms with Crippen LogP contribution in [-0.2, 0) is 0 Å². The minimum absolute atomic E-state index is 0. The minimum atomic E-state index is -1.62. The second-order valence-corrected chi connectivity index (χ2v) is 5.22. The molecule has 0 spiro atoms. The molecule has 0 radical (unpaired) electrons. The van der Waals surface area contributed by atoms with Crippen LogP contribution in [0.5, 0.6) is 5.75 Å². The van der Waals surface area contributed by atoms with Gasteiger partial charge >= 0.3 is 0 Å². The molecular weight excluding hydrogens is 340 g/mol. The monoisotopic (exact) mass is 357 g/mol. The maximum atomic E-state index is 14.6. The lowest BCUT2D eigenvalue weighted by molar-refractivity contribution is 0.101. The summed E-state index contributed by atoms with van der Waals surface area (Å²) in [5, 5.41) is -0.0467. The highest BCUT2D eigenvalue weighted by molar-refractivity contribution is 6.31. The number of aromatic nitrogens is 2. The first kappa shape index (κ1) is 19.8. The van der Waals surface area contributed by atoms with E-state index in [4.69, 9.17) is 22.1 Å². The summed E-state index contributed by atoms with van der Waals surface area (Å²) in [6.45, 7) is 2.43. The Bertz CT molecular complexity index is 782. The first-order valence-corrected chi connectivity index (χ1v) is 7.00. The van der Waals surface area contributed by atoms with Crippen molar-refractivity contribution in [3.05, 3.63) is 34.2 Å². The third-order valence-electron chi connectivity index (χ3n) is 3.19. The van der Waals surface area contributed by atoms with Gasteiger partial charge in [0.1, 0.15) is 12.0 Å². The molecule has 0 saturated heterocycles. The fraction of sp³-hybridized carbons (Fsp3) is 0.312. The van der Waals surface area contributed by atoms with Gasteiger partial charge < -0.3 is 10.5 Å². The molecule has 1 atom stereocenters. The predicted molar refractivity (Wildman–Crippen MR) is 89.7 cm³/mol. The van der Waals surface area contributed by atoms with Crippen LogP contribution in [0.4, 0.5) is 14.6 Å². The zero-order valence-electron chi connectivity index (χ0n) is 12.7. The van der Waals surface area contributed by atoms with Crippen molar-refractivity contribution in [2.75, 3.05) is 12.8 Å². The lowest BCUT2D eigenvalue weighted by Gasteiger charge is -2.13. The molecule has 0 fully saturated rings. The van der Waals surface area contributed by atoms with Crippen molar-refractivity contribution < 1.29 is 18.3 Å². The van der Waals surface area contributed by atoms with Gasteiger partial charge in [0.05, 0.1) is 12.7 Å². The second-order valence-electron chi connectivity index (χ2n) is 4.81. The predicted octanol–water partition coefficient (Wildman–Crippen LogP) is 4.40. The van der Waals surface area contributed by atoms with Crippen LogP contribution in [0.3, 0.4) is 0 Å². The third-order valence-corrected chi connectivity index (χ3v) is 3.52. The minimum Gasteiger partial charge on any atom is -0.491 e. The zero-order chi connectivity index (χ0) is 17.3. The summed E-state index contributed by atoms with van der Waals surface area (Å²) in [7, 11) is 1.31. The van der Waals surface area contributed by atoms with Crippen LogP contribution in [0.2, 0.25) is 5.02 Å². The summed E-state index contributed by atoms with van der Waals surface area (Å²) in [6.07, 6.45) is -1.62. The Morgan fingerprint density at radius 3 is 2.50 bits per heavy atom. The maximum absolute atomic E-state index is 14.6. The maximum Gasteiger partial charge on any atom is 0.190 e. The molecule has 5 nitrogen and oxygen atoms in total. The standard InChI is InChI=1S/C15H14ClF2N3O2.CH4/c1-6(17)10-9(16)5-4-8(11(10)18)15-20-12(7(2)22)13(23-3)14(19)21-15;/h4-6H,1-3H3,(H2,19,20,21);1H4. The molecule has 0 amide bonds. The van der Waals surface area contributed by atoms with E-state index in [1.807, 2.05) is 0 Å². The number of ether oxygens (including phenoxy) is 1. The molecule has 0 aliphatic rings. The lowest BCUT2D eigenvalue weighted by Crippen LogP contribution is -2.09. The van der Waals surface area contributed by atoms with E-state index in [1.165, 1.54) is 26.2 Å². The Morgan fingerprint density at radius 2 is 2.00 bits per heavy atom. The summed E-state index contributed by atoms with van der Waals surface area (Å²) < 4.78 is 33.1. The number of halogens is 3. The van der Waals surface area contributed by atoms with Crippen molar-refractivity contribution in [3.8, 4) is 17.1 Å². The first-order chi connectivity index (χ1) is 10.8. The van der Waals surface area contributed by atoms with Crippen LogP contribution in [0.1, 0.15) is 43.5 Å². The van der Waals surface area contributed by atoms with E-state index in [9.17, 15) is 13.6 Å². The fourth-order valence-corrected chi connectivity index (χ4v) is 2.43. The van der Waals surface area contributed by atoms with E-state index in [0.717, 1.165) is 6.92 Å². The molecule has 24 heavy (non-hydrogen) atoms. The number of methoxy groups -OCH3 is 1. The Kier molecular flexibility index (Phi) is 6.20. The summed E-state index contributed by atoms with van der Waals surface area (Å²) in [6, 6.07) is 2.64. The number of Topliss-reactive ketones (excluding diaryl/α,β-unsaturated/α-hetero) is 1. The van der Waals surface area contributed by atoms with Crippen LogP contribution in [0, 0.1) is 5.82 Å². The van der Waals surface area contributed by atoms with Crippen molar-refractivity contribution >= 4 is 23.2 Å². The van der Waals surface area contributed by atoms with Crippen molar-refractivity contribution in [3.63, 3.8) is 0 Å². The van der Waals surface area contributed by atoms with Gasteiger partial charge in [0.2, 0.25) is 0 Å². The lowest BCUT2D eigenvalue weighted by atomic mass is 10.1. The van der Waals surface area contributed by atoms with Crippen LogP contribution >= 0.6 is 11.6 Å². The van der Waals surface area contributed by atoms with Gasteiger partial charge in [0.15, 0.2) is 28.9 Å². The van der Waals surface area contributed by atoms with Gasteiger partial charge in [-0.3, -0.25) is 4.79 Å². The molecule has 0 aliphatic carbocycles. The Hall–Kier alpha value is -2.28. The number of alkyl halides is 1. The number of benzene rings is 1. The number of nitrogens with zero attached hydrogens (tertiary/aromatic N) is 2. The molecule has 1 aromatic heterocycles. The highest BCUT2D eigenvalue weighted by atomic mass is 35.5. The number of carbonyl (C=O) groups excluding carboxylic acids is 1. The van der Waals surface area contributed by atoms with Crippen LogP contribution in [-0.4, -0.2) is 22.9 Å². The van der Waals surface area contributed by atoms with Gasteiger partial charge in [0.25, 0.3) is 0 Å². The molecule has 1 unspecified atom stereocenters. The molecule has 1 heterocycles. The van der Waals surface area contributed by atoms with Crippen molar-refractivity contribution in [2.45, 2.75) is 27.4 Å². The number of nitrogen functional groups attached to an aromatic ring is 1. The quantitative estimate of drug-likeness (QED) is 0.821. The Balaban J connectivity index is 0.00000288. The van der Waals surface area contributed by atoms with Gasteiger partial charge in [-0.2, -0.15) is 0 Å². The van der Waals surface area contributed by atoms with E-state index in [-0.39, 0.29) is 46.7 Å². The number of carbonyl (C=O) groups is 1. The zero-order valence-corrected chi connectivity index (χ0v) is 13.4. The number of anilines is 1. The largest absolute Gasteiger partial charge is 0.491 e. The number of ketones is 1. The molecule has 2 N–H and O–H groups in total. The molecule has 2 aromatic rings. The molecular formula is C16H18ClF2N3O2. The van der Waals surface area contributed by atoms with E-state index in [2.05, 4.69) is 9.97 Å². The summed E-state index contributed by atoms with van der Waals surface area (Å²) in [5.74, 6) is -1.58. The molecule has 0 saturated carbocycles. The molecule has 130 valence electrons. The fourth-order valence-electron chi connectivity index (χ4n) is 2.13. The van der Waals surface area contributed by atoms with E-state index in [0.29, 0.717) is 0 Å². The number of hydrogen-bond acceptors (Lipinski definition) is 5. The second kappa shape index (κ2) is 7.53. The van der Waals surface area contributed by atoms with Gasteiger partial charge in [0, 0.05) is 17.5 Å². The number of rotatable bonds is 4. The Morgan fingerprint density at radius 1 is 1.38 bits per heavy atom. The van der Waals surface area contributed by atoms with E-state index in [1.54, 1.807) is 0 Å². The molecule has 2 rings (SSSR count). The number of nitrogens with two attached hydrogens (primary N) is 1. The van der Waals surface area contributed by atoms with E-state index < -0.39 is 17.8 Å². The smallest absolute Gasteiger partial charge is 0.190 e. The third kappa shape index (κ3) is 3.46. The van der Waals surface area contributed by atoms with Crippen molar-refractivity contribution in [2.24, 2.45) is 0 Å². The van der Waals surface area contributed by atoms with Crippen molar-refractivity contribution in [1.82, 2.24) is 9.97 Å². The average molecular weight is 358 g/mol. The Labute approximate surface area is 143 Å². The van der Waals surface area contributed by atoms with Crippen molar-refractivity contribution in [1.29, 1.82) is 0 Å². The normalized spacial score (nSPS) is 11.6. The average Bonchev–Trinajstić information content (AvgIpc) is 2.46. The van der Waals surface area contributed by atoms with E-state index >= 15 is 0 Å². The highest BCUT2D eigenvalue weighted by Crippen LogP contribution is 2.35.